The monoisotopic (exact) mass is 313 g/mol. The van der Waals surface area contributed by atoms with Crippen molar-refractivity contribution < 1.29 is 14.5 Å². The zero-order valence-electron chi connectivity index (χ0n) is 12.4. The normalized spacial score (nSPS) is 10.5. The zero-order valence-corrected chi connectivity index (χ0v) is 12.4. The highest BCUT2D eigenvalue weighted by Gasteiger charge is 2.08. The Bertz CT molecular complexity index is 726. The summed E-state index contributed by atoms with van der Waals surface area (Å²) in [7, 11) is 0. The fourth-order valence-corrected chi connectivity index (χ4v) is 1.83. The van der Waals surface area contributed by atoms with Crippen LogP contribution in [-0.2, 0) is 0 Å². The van der Waals surface area contributed by atoms with Crippen molar-refractivity contribution in [3.63, 3.8) is 0 Å². The van der Waals surface area contributed by atoms with Crippen LogP contribution in [0.5, 0.6) is 5.75 Å². The Balaban J connectivity index is 2.02. The van der Waals surface area contributed by atoms with Crippen LogP contribution < -0.4 is 10.2 Å². The first-order valence-electron chi connectivity index (χ1n) is 6.91. The molecule has 0 spiro atoms. The number of hydrogen-bond acceptors (Lipinski definition) is 5. The molecular weight excluding hydrogens is 298 g/mol. The number of benzene rings is 2. The second-order valence-corrected chi connectivity index (χ2v) is 4.47. The molecule has 23 heavy (non-hydrogen) atoms. The van der Waals surface area contributed by atoms with Crippen LogP contribution in [-0.4, -0.2) is 23.7 Å². The molecule has 0 saturated heterocycles. The summed E-state index contributed by atoms with van der Waals surface area (Å²) >= 11 is 0. The lowest BCUT2D eigenvalue weighted by molar-refractivity contribution is -0.384. The van der Waals surface area contributed by atoms with E-state index in [-0.39, 0.29) is 11.3 Å². The summed E-state index contributed by atoms with van der Waals surface area (Å²) in [6.45, 7) is 2.41. The molecule has 0 bridgehead atoms. The number of nitrogens with one attached hydrogen (secondary N) is 1. The average Bonchev–Trinajstić information content (AvgIpc) is 2.56. The number of rotatable bonds is 6. The van der Waals surface area contributed by atoms with Crippen molar-refractivity contribution in [3.05, 3.63) is 69.8 Å². The van der Waals surface area contributed by atoms with E-state index in [4.69, 9.17) is 4.74 Å². The van der Waals surface area contributed by atoms with Gasteiger partial charge in [-0.25, -0.2) is 5.43 Å². The number of nitrogens with zero attached hydrogens (tertiary/aromatic N) is 2. The average molecular weight is 313 g/mol. The number of nitro groups is 1. The van der Waals surface area contributed by atoms with Gasteiger partial charge in [0.15, 0.2) is 0 Å². The van der Waals surface area contributed by atoms with Gasteiger partial charge in [-0.05, 0) is 31.2 Å². The highest BCUT2D eigenvalue weighted by molar-refractivity contribution is 5.95. The molecule has 0 radical (unpaired) electrons. The summed E-state index contributed by atoms with van der Waals surface area (Å²) in [5, 5.41) is 14.4. The first-order chi connectivity index (χ1) is 11.1. The third-order valence-electron chi connectivity index (χ3n) is 2.93. The van der Waals surface area contributed by atoms with E-state index < -0.39 is 10.8 Å². The maximum Gasteiger partial charge on any atom is 0.271 e. The molecule has 7 nitrogen and oxygen atoms in total. The lowest BCUT2D eigenvalue weighted by atomic mass is 10.2. The van der Waals surface area contributed by atoms with E-state index in [1.807, 2.05) is 31.2 Å². The van der Waals surface area contributed by atoms with E-state index in [2.05, 4.69) is 10.5 Å². The molecule has 0 fully saturated rings. The molecule has 0 aliphatic carbocycles. The molecular formula is C16H15N3O4. The van der Waals surface area contributed by atoms with Crippen LogP contribution in [0.4, 0.5) is 5.69 Å². The van der Waals surface area contributed by atoms with E-state index >= 15 is 0 Å². The van der Waals surface area contributed by atoms with Crippen molar-refractivity contribution >= 4 is 17.8 Å². The Labute approximate surface area is 132 Å². The first kappa shape index (κ1) is 16.2. The molecule has 0 unspecified atom stereocenters. The van der Waals surface area contributed by atoms with Crippen molar-refractivity contribution in [2.24, 2.45) is 5.10 Å². The van der Waals surface area contributed by atoms with Gasteiger partial charge in [0, 0.05) is 23.3 Å². The number of non-ortho nitro benzene ring substituents is 1. The Hall–Kier alpha value is -3.22. The molecule has 118 valence electrons. The molecule has 7 heteroatoms. The molecule has 0 saturated carbocycles. The predicted molar refractivity (Wildman–Crippen MR) is 85.8 cm³/mol. The first-order valence-corrected chi connectivity index (χ1v) is 6.91. The number of carbonyl (C=O) groups is 1. The van der Waals surface area contributed by atoms with Gasteiger partial charge in [0.05, 0.1) is 17.7 Å². The van der Waals surface area contributed by atoms with Gasteiger partial charge in [-0.3, -0.25) is 14.9 Å². The summed E-state index contributed by atoms with van der Waals surface area (Å²) in [6.07, 6.45) is 1.48. The second-order valence-electron chi connectivity index (χ2n) is 4.47. The molecule has 1 amide bonds. The van der Waals surface area contributed by atoms with Gasteiger partial charge < -0.3 is 4.74 Å². The van der Waals surface area contributed by atoms with E-state index in [1.165, 1.54) is 30.5 Å². The molecule has 2 aromatic carbocycles. The number of hydrazone groups is 1. The molecule has 0 aliphatic rings. The van der Waals surface area contributed by atoms with Gasteiger partial charge in [0.25, 0.3) is 11.6 Å². The fraction of sp³-hybridized carbons (Fsp3) is 0.125. The van der Waals surface area contributed by atoms with E-state index in [0.717, 1.165) is 5.56 Å². The largest absolute Gasteiger partial charge is 0.493 e. The lowest BCUT2D eigenvalue weighted by Gasteiger charge is -2.05. The number of amides is 1. The van der Waals surface area contributed by atoms with Gasteiger partial charge >= 0.3 is 0 Å². The number of hydrogen-bond donors (Lipinski definition) is 1. The zero-order chi connectivity index (χ0) is 16.7. The minimum atomic E-state index is -0.523. The number of nitro benzene ring substituents is 1. The summed E-state index contributed by atoms with van der Waals surface area (Å²) in [5.74, 6) is 0.216. The molecule has 0 heterocycles. The van der Waals surface area contributed by atoms with Gasteiger partial charge in [0.2, 0.25) is 0 Å². The van der Waals surface area contributed by atoms with E-state index in [9.17, 15) is 14.9 Å². The van der Waals surface area contributed by atoms with Crippen molar-refractivity contribution in [3.8, 4) is 5.75 Å². The van der Waals surface area contributed by atoms with Crippen LogP contribution in [0.3, 0.4) is 0 Å². The number of para-hydroxylation sites is 1. The second kappa shape index (κ2) is 7.69. The van der Waals surface area contributed by atoms with Crippen molar-refractivity contribution in [1.82, 2.24) is 5.43 Å². The van der Waals surface area contributed by atoms with Crippen molar-refractivity contribution in [2.45, 2.75) is 6.92 Å². The molecule has 2 rings (SSSR count). The maximum absolute atomic E-state index is 11.9. The van der Waals surface area contributed by atoms with Gasteiger partial charge in [0.1, 0.15) is 5.75 Å². The Morgan fingerprint density at radius 2 is 1.96 bits per heavy atom. The topological polar surface area (TPSA) is 93.8 Å². The van der Waals surface area contributed by atoms with Gasteiger partial charge in [-0.2, -0.15) is 5.10 Å². The van der Waals surface area contributed by atoms with Gasteiger partial charge in [-0.1, -0.05) is 12.1 Å². The van der Waals surface area contributed by atoms with Crippen molar-refractivity contribution in [2.75, 3.05) is 6.61 Å². The fourth-order valence-electron chi connectivity index (χ4n) is 1.83. The third-order valence-corrected chi connectivity index (χ3v) is 2.93. The predicted octanol–water partition coefficient (Wildman–Crippen LogP) is 2.76. The summed E-state index contributed by atoms with van der Waals surface area (Å²) in [6, 6.07) is 12.6. The molecule has 0 aromatic heterocycles. The Morgan fingerprint density at radius 1 is 1.26 bits per heavy atom. The lowest BCUT2D eigenvalue weighted by Crippen LogP contribution is -2.17. The maximum atomic E-state index is 11.9. The standard InChI is InChI=1S/C16H15N3O4/c1-2-23-15-6-4-3-5-13(15)11-17-18-16(20)12-7-9-14(10-8-12)19(21)22/h3-11H,2H2,1H3,(H,18,20)/b17-11+. The Kier molecular flexibility index (Phi) is 5.40. The highest BCUT2D eigenvalue weighted by Crippen LogP contribution is 2.15. The number of carbonyl (C=O) groups excluding carboxylic acids is 1. The van der Waals surface area contributed by atoms with Crippen molar-refractivity contribution in [1.29, 1.82) is 0 Å². The van der Waals surface area contributed by atoms with Gasteiger partial charge in [-0.15, -0.1) is 0 Å². The SMILES string of the molecule is CCOc1ccccc1/C=N/NC(=O)c1ccc([N+](=O)[O-])cc1. The number of ether oxygens (including phenoxy) is 1. The quantitative estimate of drug-likeness (QED) is 0.504. The van der Waals surface area contributed by atoms with E-state index in [1.54, 1.807) is 0 Å². The minimum absolute atomic E-state index is 0.0734. The Morgan fingerprint density at radius 3 is 2.61 bits per heavy atom. The molecule has 2 aromatic rings. The van der Waals surface area contributed by atoms with Crippen LogP contribution >= 0.6 is 0 Å². The van der Waals surface area contributed by atoms with E-state index in [0.29, 0.717) is 12.4 Å². The molecule has 0 aliphatic heterocycles. The highest BCUT2D eigenvalue weighted by atomic mass is 16.6. The van der Waals surface area contributed by atoms with Crippen LogP contribution in [0.25, 0.3) is 0 Å². The van der Waals surface area contributed by atoms with Crippen LogP contribution in [0.15, 0.2) is 53.6 Å². The summed E-state index contributed by atoms with van der Waals surface area (Å²) < 4.78 is 5.45. The third kappa shape index (κ3) is 4.37. The summed E-state index contributed by atoms with van der Waals surface area (Å²) in [5.41, 5.74) is 3.31. The molecule has 0 atom stereocenters. The smallest absolute Gasteiger partial charge is 0.271 e. The minimum Gasteiger partial charge on any atom is -0.493 e. The van der Waals surface area contributed by atoms with Crippen LogP contribution in [0.1, 0.15) is 22.8 Å². The molecule has 1 N–H and O–H groups in total. The van der Waals surface area contributed by atoms with Crippen LogP contribution in [0, 0.1) is 10.1 Å². The van der Waals surface area contributed by atoms with Crippen LogP contribution in [0.2, 0.25) is 0 Å². The summed E-state index contributed by atoms with van der Waals surface area (Å²) in [4.78, 5) is 21.9.